The van der Waals surface area contributed by atoms with Gasteiger partial charge in [0.15, 0.2) is 0 Å². The maximum absolute atomic E-state index is 4.39. The molecular formula is C16H22N2. The molecule has 18 heavy (non-hydrogen) atoms. The smallest absolute Gasteiger partial charge is 0.0449 e. The highest BCUT2D eigenvalue weighted by molar-refractivity contribution is 5.79. The first-order chi connectivity index (χ1) is 8.74. The van der Waals surface area contributed by atoms with E-state index in [0.29, 0.717) is 5.92 Å². The Labute approximate surface area is 110 Å². The highest BCUT2D eigenvalue weighted by Crippen LogP contribution is 2.09. The first-order valence-corrected chi connectivity index (χ1v) is 6.67. The van der Waals surface area contributed by atoms with Gasteiger partial charge in [-0.25, -0.2) is 0 Å². The van der Waals surface area contributed by atoms with Crippen LogP contribution in [0, 0.1) is 5.92 Å². The highest BCUT2D eigenvalue weighted by Gasteiger charge is 2.07. The molecule has 1 heterocycles. The van der Waals surface area contributed by atoms with Gasteiger partial charge in [0.05, 0.1) is 0 Å². The zero-order chi connectivity index (χ0) is 12.8. The number of benzene rings is 1. The fraction of sp³-hybridized carbons (Fsp3) is 0.438. The maximum Gasteiger partial charge on any atom is 0.0449 e. The molecule has 1 aromatic carbocycles. The molecule has 0 amide bonds. The van der Waals surface area contributed by atoms with Crippen molar-refractivity contribution >= 4 is 6.21 Å². The Morgan fingerprint density at radius 3 is 2.78 bits per heavy atom. The third kappa shape index (κ3) is 4.11. The molecular weight excluding hydrogens is 220 g/mol. The van der Waals surface area contributed by atoms with E-state index in [1.807, 2.05) is 6.21 Å². The molecule has 96 valence electrons. The third-order valence-electron chi connectivity index (χ3n) is 3.23. The number of hydrogen-bond acceptors (Lipinski definition) is 2. The van der Waals surface area contributed by atoms with E-state index in [9.17, 15) is 0 Å². The van der Waals surface area contributed by atoms with E-state index in [1.54, 1.807) is 0 Å². The molecule has 0 saturated carbocycles. The number of nitrogens with zero attached hydrogens (tertiary/aromatic N) is 2. The van der Waals surface area contributed by atoms with E-state index in [2.05, 4.69) is 60.3 Å². The normalized spacial score (nSPS) is 19.1. The third-order valence-corrected chi connectivity index (χ3v) is 3.23. The van der Waals surface area contributed by atoms with Gasteiger partial charge in [0.25, 0.3) is 0 Å². The SMILES string of the molecule is CC1C=C(CN(C)CCc2ccccc2)C=NC1. The summed E-state index contributed by atoms with van der Waals surface area (Å²) in [5, 5.41) is 0. The molecule has 2 heteroatoms. The Hall–Kier alpha value is -1.41. The lowest BCUT2D eigenvalue weighted by Gasteiger charge is -2.19. The van der Waals surface area contributed by atoms with E-state index >= 15 is 0 Å². The van der Waals surface area contributed by atoms with Crippen molar-refractivity contribution in [2.75, 3.05) is 26.7 Å². The van der Waals surface area contributed by atoms with E-state index in [4.69, 9.17) is 0 Å². The van der Waals surface area contributed by atoms with Crippen molar-refractivity contribution in [3.63, 3.8) is 0 Å². The van der Waals surface area contributed by atoms with Crippen LogP contribution in [0.4, 0.5) is 0 Å². The zero-order valence-electron chi connectivity index (χ0n) is 11.3. The summed E-state index contributed by atoms with van der Waals surface area (Å²) in [5.74, 6) is 0.590. The first-order valence-electron chi connectivity index (χ1n) is 6.67. The van der Waals surface area contributed by atoms with Crippen LogP contribution in [-0.2, 0) is 6.42 Å². The standard InChI is InChI=1S/C16H22N2/c1-14-10-16(12-17-11-14)13-18(2)9-8-15-6-4-3-5-7-15/h3-7,10,12,14H,8-9,11,13H2,1-2H3. The summed E-state index contributed by atoms with van der Waals surface area (Å²) in [6, 6.07) is 10.7. The second kappa shape index (κ2) is 6.50. The van der Waals surface area contributed by atoms with Crippen LogP contribution in [0.3, 0.4) is 0 Å². The van der Waals surface area contributed by atoms with Crippen LogP contribution in [0.2, 0.25) is 0 Å². The second-order valence-electron chi connectivity index (χ2n) is 5.19. The van der Waals surface area contributed by atoms with E-state index in [1.165, 1.54) is 11.1 Å². The van der Waals surface area contributed by atoms with Crippen molar-refractivity contribution in [3.8, 4) is 0 Å². The van der Waals surface area contributed by atoms with E-state index in [-0.39, 0.29) is 0 Å². The molecule has 0 saturated heterocycles. The van der Waals surface area contributed by atoms with Gasteiger partial charge < -0.3 is 4.90 Å². The van der Waals surface area contributed by atoms with Crippen LogP contribution in [0.15, 0.2) is 47.0 Å². The molecule has 0 bridgehead atoms. The first kappa shape index (κ1) is 13.0. The quantitative estimate of drug-likeness (QED) is 0.775. The molecule has 1 atom stereocenters. The molecule has 1 unspecified atom stereocenters. The van der Waals surface area contributed by atoms with Crippen LogP contribution in [0.1, 0.15) is 12.5 Å². The number of hydrogen-bond donors (Lipinski definition) is 0. The van der Waals surface area contributed by atoms with Gasteiger partial charge in [0.1, 0.15) is 0 Å². The van der Waals surface area contributed by atoms with E-state index < -0.39 is 0 Å². The Morgan fingerprint density at radius 2 is 2.06 bits per heavy atom. The zero-order valence-corrected chi connectivity index (χ0v) is 11.3. The van der Waals surface area contributed by atoms with Gasteiger partial charge >= 0.3 is 0 Å². The lowest BCUT2D eigenvalue weighted by atomic mass is 10.1. The highest BCUT2D eigenvalue weighted by atomic mass is 15.1. The van der Waals surface area contributed by atoms with Gasteiger partial charge in [0, 0.05) is 25.8 Å². The molecule has 2 nitrogen and oxygen atoms in total. The van der Waals surface area contributed by atoms with Gasteiger partial charge in [-0.2, -0.15) is 0 Å². The number of dihydropyridines is 1. The molecule has 0 aliphatic carbocycles. The van der Waals surface area contributed by atoms with Crippen molar-refractivity contribution in [1.82, 2.24) is 4.90 Å². The summed E-state index contributed by atoms with van der Waals surface area (Å²) < 4.78 is 0. The molecule has 0 N–H and O–H groups in total. The molecule has 1 aromatic rings. The topological polar surface area (TPSA) is 15.6 Å². The van der Waals surface area contributed by atoms with Gasteiger partial charge in [0.2, 0.25) is 0 Å². The second-order valence-corrected chi connectivity index (χ2v) is 5.19. The lowest BCUT2D eigenvalue weighted by Crippen LogP contribution is -2.25. The average Bonchev–Trinajstić information content (AvgIpc) is 2.38. The number of likely N-dealkylation sites (N-methyl/N-ethyl adjacent to an activating group) is 1. The van der Waals surface area contributed by atoms with Crippen molar-refractivity contribution in [1.29, 1.82) is 0 Å². The Kier molecular flexibility index (Phi) is 4.71. The summed E-state index contributed by atoms with van der Waals surface area (Å²) in [5.41, 5.74) is 2.76. The summed E-state index contributed by atoms with van der Waals surface area (Å²) in [6.45, 7) is 5.25. The summed E-state index contributed by atoms with van der Waals surface area (Å²) >= 11 is 0. The predicted octanol–water partition coefficient (Wildman–Crippen LogP) is 2.81. The van der Waals surface area contributed by atoms with Crippen molar-refractivity contribution in [3.05, 3.63) is 47.5 Å². The Morgan fingerprint density at radius 1 is 1.28 bits per heavy atom. The van der Waals surface area contributed by atoms with Crippen molar-refractivity contribution < 1.29 is 0 Å². The van der Waals surface area contributed by atoms with Gasteiger partial charge in [-0.1, -0.05) is 43.3 Å². The Balaban J connectivity index is 1.79. The number of rotatable bonds is 5. The van der Waals surface area contributed by atoms with Crippen LogP contribution in [-0.4, -0.2) is 37.8 Å². The molecule has 0 aromatic heterocycles. The fourth-order valence-corrected chi connectivity index (χ4v) is 2.25. The van der Waals surface area contributed by atoms with Crippen LogP contribution in [0.5, 0.6) is 0 Å². The Bertz CT molecular complexity index is 420. The molecule has 1 aliphatic heterocycles. The molecule has 0 radical (unpaired) electrons. The van der Waals surface area contributed by atoms with Gasteiger partial charge in [-0.15, -0.1) is 0 Å². The summed E-state index contributed by atoms with van der Waals surface area (Å²) in [6.07, 6.45) is 5.47. The van der Waals surface area contributed by atoms with Crippen LogP contribution < -0.4 is 0 Å². The molecule has 0 spiro atoms. The van der Waals surface area contributed by atoms with E-state index in [0.717, 1.165) is 26.1 Å². The van der Waals surface area contributed by atoms with Crippen molar-refractivity contribution in [2.24, 2.45) is 10.9 Å². The molecule has 2 rings (SSSR count). The largest absolute Gasteiger partial charge is 0.302 e. The lowest BCUT2D eigenvalue weighted by molar-refractivity contribution is 0.370. The van der Waals surface area contributed by atoms with Crippen molar-refractivity contribution in [2.45, 2.75) is 13.3 Å². The average molecular weight is 242 g/mol. The minimum atomic E-state index is 0.590. The van der Waals surface area contributed by atoms with Gasteiger partial charge in [-0.3, -0.25) is 4.99 Å². The van der Waals surface area contributed by atoms with Crippen LogP contribution in [0.25, 0.3) is 0 Å². The number of aliphatic imine (C=N–C) groups is 1. The summed E-state index contributed by atoms with van der Waals surface area (Å²) in [7, 11) is 2.18. The predicted molar refractivity (Wildman–Crippen MR) is 78.2 cm³/mol. The molecule has 0 fully saturated rings. The summed E-state index contributed by atoms with van der Waals surface area (Å²) in [4.78, 5) is 6.75. The van der Waals surface area contributed by atoms with Gasteiger partial charge in [-0.05, 0) is 30.5 Å². The monoisotopic (exact) mass is 242 g/mol. The molecule has 1 aliphatic rings. The minimum Gasteiger partial charge on any atom is -0.302 e. The van der Waals surface area contributed by atoms with Crippen LogP contribution >= 0.6 is 0 Å². The maximum atomic E-state index is 4.39. The fourth-order valence-electron chi connectivity index (χ4n) is 2.25. The minimum absolute atomic E-state index is 0.590.